The Balaban J connectivity index is 1.85. The van der Waals surface area contributed by atoms with Gasteiger partial charge in [0.25, 0.3) is 0 Å². The minimum atomic E-state index is -0.139. The lowest BCUT2D eigenvalue weighted by molar-refractivity contribution is 0.179. The molecule has 0 bridgehead atoms. The third kappa shape index (κ3) is 3.18. The Morgan fingerprint density at radius 3 is 2.63 bits per heavy atom. The van der Waals surface area contributed by atoms with Crippen LogP contribution in [0.15, 0.2) is 22.7 Å². The third-order valence-corrected chi connectivity index (χ3v) is 4.62. The second-order valence-corrected chi connectivity index (χ2v) is 6.70. The minimum Gasteiger partial charge on any atom is -0.329 e. The summed E-state index contributed by atoms with van der Waals surface area (Å²) >= 11 is 3.43. The first-order valence-corrected chi connectivity index (χ1v) is 7.89. The maximum Gasteiger partial charge on any atom is 0.128 e. The van der Waals surface area contributed by atoms with E-state index in [1.54, 1.807) is 6.07 Å². The zero-order valence-corrected chi connectivity index (χ0v) is 12.6. The second-order valence-electron chi connectivity index (χ2n) is 5.79. The van der Waals surface area contributed by atoms with Gasteiger partial charge >= 0.3 is 0 Å². The van der Waals surface area contributed by atoms with Gasteiger partial charge in [-0.1, -0.05) is 15.9 Å². The Labute approximate surface area is 122 Å². The molecule has 0 radical (unpaired) electrons. The van der Waals surface area contributed by atoms with E-state index >= 15 is 0 Å². The summed E-state index contributed by atoms with van der Waals surface area (Å²) < 4.78 is 15.0. The lowest BCUT2D eigenvalue weighted by Crippen LogP contribution is -2.37. The van der Waals surface area contributed by atoms with Crippen molar-refractivity contribution in [2.24, 2.45) is 11.7 Å². The van der Waals surface area contributed by atoms with Gasteiger partial charge < -0.3 is 5.73 Å². The SMILES string of the molecule is NCC(c1cc(Br)ccc1F)N(CC1CC1)C1CC1. The fourth-order valence-electron chi connectivity index (χ4n) is 2.75. The molecule has 2 saturated carbocycles. The van der Waals surface area contributed by atoms with E-state index in [0.29, 0.717) is 12.6 Å². The maximum atomic E-state index is 14.1. The lowest BCUT2D eigenvalue weighted by atomic mass is 10.0. The number of nitrogens with two attached hydrogens (primary N) is 1. The largest absolute Gasteiger partial charge is 0.329 e. The van der Waals surface area contributed by atoms with Crippen molar-refractivity contribution in [3.05, 3.63) is 34.1 Å². The molecular weight excluding hydrogens is 307 g/mol. The number of halogens is 2. The van der Waals surface area contributed by atoms with Crippen LogP contribution < -0.4 is 5.73 Å². The van der Waals surface area contributed by atoms with Crippen LogP contribution in [0.4, 0.5) is 4.39 Å². The van der Waals surface area contributed by atoms with Crippen LogP contribution >= 0.6 is 15.9 Å². The van der Waals surface area contributed by atoms with Crippen LogP contribution in [0.5, 0.6) is 0 Å². The molecule has 1 aromatic carbocycles. The highest BCUT2D eigenvalue weighted by atomic mass is 79.9. The van der Waals surface area contributed by atoms with Gasteiger partial charge in [-0.15, -0.1) is 0 Å². The summed E-state index contributed by atoms with van der Waals surface area (Å²) in [7, 11) is 0. The van der Waals surface area contributed by atoms with E-state index < -0.39 is 0 Å². The van der Waals surface area contributed by atoms with Gasteiger partial charge in [-0.25, -0.2) is 4.39 Å². The number of hydrogen-bond donors (Lipinski definition) is 1. The topological polar surface area (TPSA) is 29.3 Å². The molecule has 0 spiro atoms. The summed E-state index contributed by atoms with van der Waals surface area (Å²) in [5.74, 6) is 0.671. The summed E-state index contributed by atoms with van der Waals surface area (Å²) in [5.41, 5.74) is 6.70. The van der Waals surface area contributed by atoms with Gasteiger partial charge in [0.2, 0.25) is 0 Å². The summed E-state index contributed by atoms with van der Waals surface area (Å²) in [6.45, 7) is 1.56. The number of rotatable bonds is 6. The fraction of sp³-hybridized carbons (Fsp3) is 0.600. The van der Waals surface area contributed by atoms with Gasteiger partial charge in [-0.05, 0) is 49.8 Å². The van der Waals surface area contributed by atoms with Crippen molar-refractivity contribution in [2.45, 2.75) is 37.8 Å². The molecule has 1 unspecified atom stereocenters. The van der Waals surface area contributed by atoms with Gasteiger partial charge in [-0.2, -0.15) is 0 Å². The quantitative estimate of drug-likeness (QED) is 0.867. The summed E-state index contributed by atoms with van der Waals surface area (Å²) in [4.78, 5) is 2.45. The monoisotopic (exact) mass is 326 g/mol. The molecule has 1 aromatic rings. The highest BCUT2D eigenvalue weighted by Crippen LogP contribution is 2.40. The molecule has 2 aliphatic carbocycles. The van der Waals surface area contributed by atoms with E-state index in [0.717, 1.165) is 22.5 Å². The number of benzene rings is 1. The van der Waals surface area contributed by atoms with Crippen LogP contribution in [0.3, 0.4) is 0 Å². The van der Waals surface area contributed by atoms with Crippen molar-refractivity contribution in [3.63, 3.8) is 0 Å². The molecule has 2 aliphatic rings. The standard InChI is InChI=1S/C15H20BrFN2/c16-11-3-6-14(17)13(7-11)15(8-18)19(12-4-5-12)9-10-1-2-10/h3,6-7,10,12,15H,1-2,4-5,8-9,18H2. The highest BCUT2D eigenvalue weighted by Gasteiger charge is 2.38. The molecule has 0 aromatic heterocycles. The number of hydrogen-bond acceptors (Lipinski definition) is 2. The molecule has 3 rings (SSSR count). The van der Waals surface area contributed by atoms with Crippen LogP contribution in [-0.4, -0.2) is 24.0 Å². The predicted octanol–water partition coefficient (Wildman–Crippen LogP) is 3.46. The summed E-state index contributed by atoms with van der Waals surface area (Å²) in [5, 5.41) is 0. The van der Waals surface area contributed by atoms with E-state index in [-0.39, 0.29) is 11.9 Å². The Kier molecular flexibility index (Phi) is 3.92. The van der Waals surface area contributed by atoms with Crippen molar-refractivity contribution >= 4 is 15.9 Å². The second kappa shape index (κ2) is 5.51. The van der Waals surface area contributed by atoms with Crippen molar-refractivity contribution in [1.29, 1.82) is 0 Å². The van der Waals surface area contributed by atoms with Gasteiger partial charge in [0.1, 0.15) is 5.82 Å². The van der Waals surface area contributed by atoms with Crippen LogP contribution in [-0.2, 0) is 0 Å². The first kappa shape index (κ1) is 13.5. The molecule has 4 heteroatoms. The van der Waals surface area contributed by atoms with E-state index in [9.17, 15) is 4.39 Å². The molecule has 2 N–H and O–H groups in total. The van der Waals surface area contributed by atoms with Crippen LogP contribution in [0.25, 0.3) is 0 Å². The Hall–Kier alpha value is -0.450. The summed E-state index contributed by atoms with van der Waals surface area (Å²) in [6, 6.07) is 5.80. The number of nitrogens with zero attached hydrogens (tertiary/aromatic N) is 1. The molecule has 2 nitrogen and oxygen atoms in total. The summed E-state index contributed by atoms with van der Waals surface area (Å²) in [6.07, 6.45) is 5.11. The Morgan fingerprint density at radius 2 is 2.05 bits per heavy atom. The fourth-order valence-corrected chi connectivity index (χ4v) is 3.13. The van der Waals surface area contributed by atoms with E-state index in [1.165, 1.54) is 31.7 Å². The Bertz CT molecular complexity index is 457. The molecule has 0 heterocycles. The zero-order valence-electron chi connectivity index (χ0n) is 11.0. The third-order valence-electron chi connectivity index (χ3n) is 4.12. The molecule has 0 aliphatic heterocycles. The van der Waals surface area contributed by atoms with E-state index in [1.807, 2.05) is 6.07 Å². The smallest absolute Gasteiger partial charge is 0.128 e. The predicted molar refractivity (Wildman–Crippen MR) is 78.3 cm³/mol. The van der Waals surface area contributed by atoms with Crippen molar-refractivity contribution < 1.29 is 4.39 Å². The van der Waals surface area contributed by atoms with E-state index in [4.69, 9.17) is 5.73 Å². The van der Waals surface area contributed by atoms with Gasteiger partial charge in [0.05, 0.1) is 6.04 Å². The van der Waals surface area contributed by atoms with Crippen LogP contribution in [0.2, 0.25) is 0 Å². The van der Waals surface area contributed by atoms with Crippen molar-refractivity contribution in [1.82, 2.24) is 4.90 Å². The van der Waals surface area contributed by atoms with Crippen LogP contribution in [0, 0.1) is 11.7 Å². The minimum absolute atomic E-state index is 0.0191. The molecule has 104 valence electrons. The molecule has 1 atom stereocenters. The molecular formula is C15H20BrFN2. The van der Waals surface area contributed by atoms with Gasteiger partial charge in [0, 0.05) is 29.2 Å². The average molecular weight is 327 g/mol. The van der Waals surface area contributed by atoms with Crippen molar-refractivity contribution in [2.75, 3.05) is 13.1 Å². The first-order chi connectivity index (χ1) is 9.19. The highest BCUT2D eigenvalue weighted by molar-refractivity contribution is 9.10. The Morgan fingerprint density at radius 1 is 1.32 bits per heavy atom. The maximum absolute atomic E-state index is 14.1. The zero-order chi connectivity index (χ0) is 13.4. The molecule has 0 amide bonds. The van der Waals surface area contributed by atoms with Crippen LogP contribution in [0.1, 0.15) is 37.3 Å². The normalized spacial score (nSPS) is 20.8. The average Bonchev–Trinajstić information content (AvgIpc) is 3.26. The molecule has 19 heavy (non-hydrogen) atoms. The van der Waals surface area contributed by atoms with Gasteiger partial charge in [-0.3, -0.25) is 4.90 Å². The molecule has 0 saturated heterocycles. The molecule has 2 fully saturated rings. The van der Waals surface area contributed by atoms with Crippen molar-refractivity contribution in [3.8, 4) is 0 Å². The first-order valence-electron chi connectivity index (χ1n) is 7.10. The lowest BCUT2D eigenvalue weighted by Gasteiger charge is -2.31. The van der Waals surface area contributed by atoms with Gasteiger partial charge in [0.15, 0.2) is 0 Å². The van der Waals surface area contributed by atoms with E-state index in [2.05, 4.69) is 20.8 Å².